The summed E-state index contributed by atoms with van der Waals surface area (Å²) in [6, 6.07) is 15.3. The van der Waals surface area contributed by atoms with Gasteiger partial charge in [0.2, 0.25) is 11.7 Å². The lowest BCUT2D eigenvalue weighted by Gasteiger charge is -2.28. The number of likely N-dealkylation sites (N-methyl/N-ethyl adjacent to an activating group) is 1. The van der Waals surface area contributed by atoms with E-state index in [0.717, 1.165) is 42.4 Å². The van der Waals surface area contributed by atoms with E-state index in [9.17, 15) is 9.59 Å². The second-order valence-corrected chi connectivity index (χ2v) is 9.63. The van der Waals surface area contributed by atoms with E-state index in [-0.39, 0.29) is 12.3 Å². The van der Waals surface area contributed by atoms with Gasteiger partial charge in [0, 0.05) is 11.6 Å². The summed E-state index contributed by atoms with van der Waals surface area (Å²) in [6.45, 7) is 0.593. The predicted molar refractivity (Wildman–Crippen MR) is 137 cm³/mol. The van der Waals surface area contributed by atoms with Crippen molar-refractivity contribution in [3.8, 4) is 0 Å². The molecule has 0 bridgehead atoms. The predicted octanol–water partition coefficient (Wildman–Crippen LogP) is 3.60. The summed E-state index contributed by atoms with van der Waals surface area (Å²) in [5, 5.41) is 0. The highest BCUT2D eigenvalue weighted by atomic mass is 16.5. The molecule has 5 rings (SSSR count). The molecule has 2 aromatic rings. The molecule has 6 nitrogen and oxygen atoms in total. The van der Waals surface area contributed by atoms with Crippen LogP contribution in [0.15, 0.2) is 60.4 Å². The molecule has 2 fully saturated rings. The Hall–Kier alpha value is -3.85. The average molecular weight is 469 g/mol. The average Bonchev–Trinajstić information content (AvgIpc) is 3.66. The molecule has 2 amide bonds. The number of allylic oxidation sites excluding steroid dienone is 2. The van der Waals surface area contributed by atoms with Crippen molar-refractivity contribution in [3.05, 3.63) is 82.6 Å². The fourth-order valence-electron chi connectivity index (χ4n) is 4.40. The molecular formula is C29H30N3O3+. The molecule has 6 heteroatoms. The first kappa shape index (κ1) is 22.9. The summed E-state index contributed by atoms with van der Waals surface area (Å²) in [6.07, 6.45) is 7.93. The van der Waals surface area contributed by atoms with Crippen LogP contribution < -0.4 is 10.4 Å². The Labute approximate surface area is 205 Å². The molecule has 2 N–H and O–H groups in total. The number of ether oxygens (including phenoxy) is 1. The molecule has 1 heterocycles. The van der Waals surface area contributed by atoms with Gasteiger partial charge in [0.05, 0.1) is 25.6 Å². The van der Waals surface area contributed by atoms with Gasteiger partial charge in [-0.15, -0.1) is 4.67 Å². The Morgan fingerprint density at radius 3 is 2.54 bits per heavy atom. The second-order valence-electron chi connectivity index (χ2n) is 9.63. The van der Waals surface area contributed by atoms with Gasteiger partial charge < -0.3 is 10.5 Å². The largest absolute Gasteiger partial charge is 0.485 e. The quantitative estimate of drug-likeness (QED) is 0.601. The molecule has 0 radical (unpaired) electrons. The number of carbonyl (C=O) groups excluding carboxylic acids is 2. The van der Waals surface area contributed by atoms with Crippen LogP contribution >= 0.6 is 0 Å². The molecule has 35 heavy (non-hydrogen) atoms. The van der Waals surface area contributed by atoms with Gasteiger partial charge in [-0.2, -0.15) is 4.90 Å². The molecule has 0 atom stereocenters. The summed E-state index contributed by atoms with van der Waals surface area (Å²) < 4.78 is 10.8. The van der Waals surface area contributed by atoms with Crippen LogP contribution in [-0.2, 0) is 16.0 Å². The molecule has 0 unspecified atom stereocenters. The fraction of sp³-hybridized carbons (Fsp3) is 0.345. The van der Waals surface area contributed by atoms with Crippen molar-refractivity contribution in [3.63, 3.8) is 0 Å². The lowest BCUT2D eigenvalue weighted by molar-refractivity contribution is -0.125. The first-order valence-corrected chi connectivity index (χ1v) is 12.3. The van der Waals surface area contributed by atoms with Crippen LogP contribution in [0.25, 0.3) is 5.57 Å². The number of carbonyl (C=O) groups is 2. The minimum atomic E-state index is -0.465. The number of amidine groups is 1. The van der Waals surface area contributed by atoms with Crippen molar-refractivity contribution in [2.24, 2.45) is 11.7 Å². The Morgan fingerprint density at radius 2 is 1.89 bits per heavy atom. The summed E-state index contributed by atoms with van der Waals surface area (Å²) in [5.41, 5.74) is 9.80. The number of benzene rings is 2. The van der Waals surface area contributed by atoms with Crippen molar-refractivity contribution < 1.29 is 14.3 Å². The summed E-state index contributed by atoms with van der Waals surface area (Å²) in [5.74, 6) is 4.59. The van der Waals surface area contributed by atoms with Crippen LogP contribution in [0.4, 0.5) is 0 Å². The highest BCUT2D eigenvalue weighted by molar-refractivity contribution is 6.13. The van der Waals surface area contributed by atoms with Crippen LogP contribution in [0.5, 0.6) is 0 Å². The van der Waals surface area contributed by atoms with Crippen molar-refractivity contribution in [2.45, 2.75) is 44.4 Å². The van der Waals surface area contributed by atoms with Crippen LogP contribution in [0.1, 0.15) is 65.1 Å². The van der Waals surface area contributed by atoms with Crippen LogP contribution in [0, 0.1) is 5.92 Å². The third-order valence-corrected chi connectivity index (χ3v) is 7.01. The van der Waals surface area contributed by atoms with Crippen LogP contribution in [0.3, 0.4) is 0 Å². The Bertz CT molecular complexity index is 1290. The number of primary amides is 1. The van der Waals surface area contributed by atoms with Crippen LogP contribution in [-0.4, -0.2) is 42.1 Å². The SMILES string of the molecule is CN(C(=O)Cc1ccccc1)C1=[N+]=C=C(c2cc(C(N)=O)ccc2C2CCC2)C=C1OCC1CC1. The minimum Gasteiger partial charge on any atom is -0.485 e. The fourth-order valence-corrected chi connectivity index (χ4v) is 4.40. The first-order chi connectivity index (χ1) is 17.0. The van der Waals surface area contributed by atoms with Crippen molar-refractivity contribution >= 4 is 29.1 Å². The highest BCUT2D eigenvalue weighted by Gasteiger charge is 2.34. The molecule has 0 spiro atoms. The Kier molecular flexibility index (Phi) is 6.41. The number of nitrogens with zero attached hydrogens (tertiary/aromatic N) is 2. The Balaban J connectivity index is 1.52. The highest BCUT2D eigenvalue weighted by Crippen LogP contribution is 2.40. The molecule has 2 aromatic carbocycles. The van der Waals surface area contributed by atoms with Crippen molar-refractivity contribution in [1.29, 1.82) is 0 Å². The minimum absolute atomic E-state index is 0.0768. The van der Waals surface area contributed by atoms with Gasteiger partial charge >= 0.3 is 11.7 Å². The zero-order valence-corrected chi connectivity index (χ0v) is 20.0. The van der Waals surface area contributed by atoms with Crippen LogP contribution in [0.2, 0.25) is 0 Å². The molecule has 0 aromatic heterocycles. The zero-order chi connectivity index (χ0) is 24.4. The standard InChI is InChI=1S/C29H29N3O3/c1-32(27(33)14-19-6-3-2-4-7-19)29-26(35-18-20-10-11-20)16-23(17-31-29)25-15-22(28(30)34)12-13-24(25)21-8-5-9-21/h2-4,6-7,12-13,15-16,20-21H,5,8-11,14,18H2,1H3,(H-,30,34)/p+1. The first-order valence-electron chi connectivity index (χ1n) is 12.3. The summed E-state index contributed by atoms with van der Waals surface area (Å²) >= 11 is 0. The second kappa shape index (κ2) is 9.79. The number of rotatable bonds is 8. The van der Waals surface area contributed by atoms with E-state index in [1.807, 2.05) is 48.5 Å². The van der Waals surface area contributed by atoms with Crippen molar-refractivity contribution in [2.75, 3.05) is 13.7 Å². The van der Waals surface area contributed by atoms with Gasteiger partial charge in [-0.05, 0) is 66.3 Å². The lowest BCUT2D eigenvalue weighted by Crippen LogP contribution is -2.38. The zero-order valence-electron chi connectivity index (χ0n) is 20.0. The molecule has 2 aliphatic carbocycles. The number of nitrogens with two attached hydrogens (primary N) is 1. The topological polar surface area (TPSA) is 86.7 Å². The lowest BCUT2D eigenvalue weighted by atomic mass is 9.76. The smallest absolute Gasteiger partial charge is 0.430 e. The third kappa shape index (κ3) is 5.14. The third-order valence-electron chi connectivity index (χ3n) is 7.01. The van der Waals surface area contributed by atoms with Gasteiger partial charge in [0.1, 0.15) is 0 Å². The van der Waals surface area contributed by atoms with E-state index in [0.29, 0.717) is 35.6 Å². The number of hydrogen-bond donors (Lipinski definition) is 1. The van der Waals surface area contributed by atoms with E-state index in [2.05, 4.69) is 10.5 Å². The van der Waals surface area contributed by atoms with Gasteiger partial charge in [-0.25, -0.2) is 4.79 Å². The maximum absolute atomic E-state index is 13.0. The van der Waals surface area contributed by atoms with Crippen molar-refractivity contribution in [1.82, 2.24) is 9.57 Å². The van der Waals surface area contributed by atoms with Gasteiger partial charge in [0.25, 0.3) is 0 Å². The number of amides is 2. The molecule has 1 aliphatic heterocycles. The molecule has 178 valence electrons. The molecule has 2 saturated carbocycles. The maximum Gasteiger partial charge on any atom is 0.430 e. The maximum atomic E-state index is 13.0. The summed E-state index contributed by atoms with van der Waals surface area (Å²) in [4.78, 5) is 26.5. The van der Waals surface area contributed by atoms with E-state index >= 15 is 0 Å². The molecular weight excluding hydrogens is 438 g/mol. The van der Waals surface area contributed by atoms with E-state index in [4.69, 9.17) is 10.5 Å². The van der Waals surface area contributed by atoms with Gasteiger partial charge in [-0.1, -0.05) is 42.8 Å². The van der Waals surface area contributed by atoms with Gasteiger partial charge in [-0.3, -0.25) is 4.79 Å². The summed E-state index contributed by atoms with van der Waals surface area (Å²) in [7, 11) is 1.72. The van der Waals surface area contributed by atoms with E-state index < -0.39 is 5.91 Å². The monoisotopic (exact) mass is 468 g/mol. The molecule has 0 saturated heterocycles. The van der Waals surface area contributed by atoms with E-state index in [1.54, 1.807) is 18.0 Å². The Morgan fingerprint density at radius 1 is 1.11 bits per heavy atom. The number of hydrogen-bond acceptors (Lipinski definition) is 3. The normalized spacial score (nSPS) is 17.1. The molecule has 3 aliphatic rings. The van der Waals surface area contributed by atoms with Gasteiger partial charge in [0.15, 0.2) is 5.87 Å². The van der Waals surface area contributed by atoms with E-state index in [1.165, 1.54) is 12.0 Å².